The summed E-state index contributed by atoms with van der Waals surface area (Å²) in [5, 5.41) is 30.3. The van der Waals surface area contributed by atoms with Crippen LogP contribution in [0.5, 0.6) is 0 Å². The van der Waals surface area contributed by atoms with E-state index in [1.54, 1.807) is 0 Å². The molecule has 2 aliphatic carbocycles. The molecule has 0 amide bonds. The molecule has 18 heteroatoms. The number of carbonyl (C=O) groups excluding carboxylic acids is 2. The van der Waals surface area contributed by atoms with Crippen LogP contribution in [-0.4, -0.2) is 186 Å². The van der Waals surface area contributed by atoms with Gasteiger partial charge in [-0.2, -0.15) is 0 Å². The molecule has 14 heterocycles. The maximum absolute atomic E-state index is 14.6. The van der Waals surface area contributed by atoms with Gasteiger partial charge < -0.3 is 76.9 Å². The Balaban J connectivity index is 0.655. The molecule has 14 saturated heterocycles. The highest BCUT2D eigenvalue weighted by Crippen LogP contribution is 2.64. The van der Waals surface area contributed by atoms with Crippen molar-refractivity contribution in [2.45, 2.75) is 308 Å². The summed E-state index contributed by atoms with van der Waals surface area (Å²) >= 11 is 0. The molecule has 0 aromatic carbocycles. The summed E-state index contributed by atoms with van der Waals surface area (Å²) in [4.78, 5) is 28.8. The average Bonchev–Trinajstić information content (AvgIpc) is 4.40. The van der Waals surface area contributed by atoms with E-state index < -0.39 is 67.0 Å². The second kappa shape index (κ2) is 20.2. The molecule has 32 atom stereocenters. The fourth-order valence-corrected chi connectivity index (χ4v) is 19.5. The van der Waals surface area contributed by atoms with Crippen LogP contribution < -0.4 is 0 Å². The Kier molecular flexibility index (Phi) is 13.8. The van der Waals surface area contributed by atoms with Crippen molar-refractivity contribution < 1.29 is 86.5 Å². The predicted octanol–water partition coefficient (Wildman–Crippen LogP) is 5.47. The van der Waals surface area contributed by atoms with Crippen molar-refractivity contribution in [3.05, 3.63) is 12.2 Å². The Morgan fingerprint density at radius 3 is 2.08 bits per heavy atom. The van der Waals surface area contributed by atoms with Crippen molar-refractivity contribution in [1.82, 2.24) is 0 Å². The van der Waals surface area contributed by atoms with Crippen LogP contribution in [0.25, 0.3) is 0 Å². The van der Waals surface area contributed by atoms with Gasteiger partial charge in [0, 0.05) is 75.0 Å². The van der Waals surface area contributed by atoms with E-state index in [0.29, 0.717) is 57.3 Å². The van der Waals surface area contributed by atoms with Gasteiger partial charge in [0.05, 0.1) is 141 Å². The van der Waals surface area contributed by atoms with E-state index in [0.717, 1.165) is 63.4 Å². The number of carbonyl (C=O) groups is 2. The molecule has 0 aromatic heterocycles. The van der Waals surface area contributed by atoms with Crippen LogP contribution in [0.3, 0.4) is 0 Å². The summed E-state index contributed by atoms with van der Waals surface area (Å²) in [7, 11) is 0. The first kappa shape index (κ1) is 54.0. The molecule has 440 valence electrons. The third-order valence-corrected chi connectivity index (χ3v) is 23.0. The minimum absolute atomic E-state index is 0.0162. The molecule has 16 fully saturated rings. The average molecular weight is 1110 g/mol. The van der Waals surface area contributed by atoms with Crippen molar-refractivity contribution in [3.63, 3.8) is 0 Å². The number of rotatable bonds is 4. The summed E-state index contributed by atoms with van der Waals surface area (Å²) in [6, 6.07) is 0. The molecule has 0 aromatic rings. The second-order valence-electron chi connectivity index (χ2n) is 28.5. The van der Waals surface area contributed by atoms with Gasteiger partial charge in [0.2, 0.25) is 0 Å². The second-order valence-corrected chi connectivity index (χ2v) is 28.5. The van der Waals surface area contributed by atoms with E-state index in [-0.39, 0.29) is 158 Å². The Bertz CT molecular complexity index is 2340. The molecule has 18 nitrogen and oxygen atoms in total. The maximum atomic E-state index is 14.6. The summed E-state index contributed by atoms with van der Waals surface area (Å²) in [6.45, 7) is 12.6. The topological polar surface area (TPSA) is 215 Å². The van der Waals surface area contributed by atoms with Crippen LogP contribution in [0.4, 0.5) is 0 Å². The SMILES string of the molecule is C=C1C[C@@H]2CCC34CC5O[C@@H]6C(O[C@H]7CC[C@H](CC(=O)O[C@H]8C(CC9OC(CCC1O2)C[C@@H](C)C9=O)OC1CC2O[C@]9(CC2OC1[C@@H]8C)C[C@@H]1O[C@]2(C[C@H](C)[C@@H]8OC([C@@H](O)CC(O)CO)C[C@@H]8O2)C[C@H](C)[C@@H]1O9)OC7[C@@H]6C3)[C@@H]5C4. The van der Waals surface area contributed by atoms with Crippen molar-refractivity contribution >= 4 is 11.8 Å². The summed E-state index contributed by atoms with van der Waals surface area (Å²) in [6.07, 6.45) is 6.40. The van der Waals surface area contributed by atoms with E-state index in [9.17, 15) is 24.9 Å². The van der Waals surface area contributed by atoms with E-state index in [1.165, 1.54) is 0 Å². The normalized spacial score (nSPS) is 57.2. The number of Topliss-reactive ketones (excluding diaryl/α,β-unsaturated/α-hetero) is 1. The zero-order valence-electron chi connectivity index (χ0n) is 46.8. The molecular weight excluding hydrogens is 1020 g/mol. The minimum Gasteiger partial charge on any atom is -0.459 e. The molecular formula is C61H88O18. The van der Waals surface area contributed by atoms with E-state index in [1.807, 2.05) is 6.92 Å². The summed E-state index contributed by atoms with van der Waals surface area (Å²) in [5.74, 6) is -1.77. The largest absolute Gasteiger partial charge is 0.459 e. The lowest BCUT2D eigenvalue weighted by molar-refractivity contribution is -0.347. The van der Waals surface area contributed by atoms with Crippen LogP contribution in [0.1, 0.15) is 156 Å². The minimum atomic E-state index is -1.02. The van der Waals surface area contributed by atoms with Crippen LogP contribution in [0.2, 0.25) is 0 Å². The Morgan fingerprint density at radius 2 is 1.23 bits per heavy atom. The summed E-state index contributed by atoms with van der Waals surface area (Å²) in [5.41, 5.74) is 1.30. The van der Waals surface area contributed by atoms with Gasteiger partial charge in [-0.15, -0.1) is 0 Å². The molecule has 79 heavy (non-hydrogen) atoms. The number of aliphatic hydroxyl groups is 3. The number of fused-ring (bicyclic) bond motifs is 10. The van der Waals surface area contributed by atoms with E-state index in [4.69, 9.17) is 61.6 Å². The van der Waals surface area contributed by atoms with Crippen LogP contribution >= 0.6 is 0 Å². The monoisotopic (exact) mass is 1110 g/mol. The molecule has 16 aliphatic rings. The van der Waals surface area contributed by atoms with Gasteiger partial charge in [-0.25, -0.2) is 0 Å². The maximum Gasteiger partial charge on any atom is 0.308 e. The first-order valence-corrected chi connectivity index (χ1v) is 31.3. The van der Waals surface area contributed by atoms with Gasteiger partial charge in [-0.05, 0) is 93.5 Å². The number of hydrogen-bond acceptors (Lipinski definition) is 18. The van der Waals surface area contributed by atoms with Crippen LogP contribution in [0, 0.1) is 40.9 Å². The van der Waals surface area contributed by atoms with Crippen molar-refractivity contribution in [2.75, 3.05) is 6.61 Å². The molecule has 14 aliphatic heterocycles. The number of ketones is 1. The molecule has 12 bridgehead atoms. The third-order valence-electron chi connectivity index (χ3n) is 23.0. The zero-order chi connectivity index (χ0) is 54.0. The number of esters is 1. The Morgan fingerprint density at radius 1 is 0.532 bits per heavy atom. The van der Waals surface area contributed by atoms with Crippen molar-refractivity contribution in [1.29, 1.82) is 0 Å². The summed E-state index contributed by atoms with van der Waals surface area (Å²) < 4.78 is 89.8. The lowest BCUT2D eigenvalue weighted by atomic mass is 9.70. The molecule has 3 spiro atoms. The Labute approximate surface area is 464 Å². The molecule has 16 rings (SSSR count). The highest BCUT2D eigenvalue weighted by atomic mass is 16.8. The lowest BCUT2D eigenvalue weighted by Crippen LogP contribution is -2.61. The standard InChI is InChI=1S/C61H88O18/c1-27-12-35-10-11-59-21-36-47(23-59)73-58-37(22-59)56-40(71-57(36)58)9-7-34(69-56)15-50(65)75-55-31(5)54-44(70-45(55)18-43-51(66)28(2)13-33(68-43)6-8-39(27)67-35)17-42-48(74-54)24-61(76-42)25-49-53(79-61)30(4)20-60(78-49)19-29(3)52-46(77-60)16-41(72-52)38(64)14-32(63)26-62/h28-49,52-58,62-64H,1,6-26H2,2-5H3/t28-,29+,30+,31+,32?,33?,34-,35+,36-,37+,38+,39?,40+,41?,42?,43?,44?,45?,46+,47?,48?,49+,52+,53+,54?,55-,56?,57?,58+,59?,60-,61+/m1/s1. The van der Waals surface area contributed by atoms with E-state index >= 15 is 0 Å². The first-order valence-electron chi connectivity index (χ1n) is 31.3. The highest BCUT2D eigenvalue weighted by molar-refractivity contribution is 5.85. The van der Waals surface area contributed by atoms with Gasteiger partial charge in [0.25, 0.3) is 0 Å². The van der Waals surface area contributed by atoms with Gasteiger partial charge in [0.1, 0.15) is 12.2 Å². The van der Waals surface area contributed by atoms with Crippen molar-refractivity contribution in [3.8, 4) is 0 Å². The van der Waals surface area contributed by atoms with Gasteiger partial charge >= 0.3 is 5.97 Å². The number of ether oxygens (including phenoxy) is 13. The first-order chi connectivity index (χ1) is 38.0. The molecule has 14 unspecified atom stereocenters. The lowest BCUT2D eigenvalue weighted by Gasteiger charge is -2.50. The fraction of sp³-hybridized carbons (Fsp3) is 0.934. The van der Waals surface area contributed by atoms with Crippen LogP contribution in [0.15, 0.2) is 12.2 Å². The number of aliphatic hydroxyl groups excluding tert-OH is 3. The van der Waals surface area contributed by atoms with Gasteiger partial charge in [0.15, 0.2) is 17.4 Å². The molecule has 0 radical (unpaired) electrons. The quantitative estimate of drug-likeness (QED) is 0.235. The third kappa shape index (κ3) is 9.43. The predicted molar refractivity (Wildman–Crippen MR) is 276 cm³/mol. The number of hydrogen-bond donors (Lipinski definition) is 3. The van der Waals surface area contributed by atoms with E-state index in [2.05, 4.69) is 27.4 Å². The van der Waals surface area contributed by atoms with Gasteiger partial charge in [-0.3, -0.25) is 9.59 Å². The smallest absolute Gasteiger partial charge is 0.308 e. The fourth-order valence-electron chi connectivity index (χ4n) is 19.5. The van der Waals surface area contributed by atoms with Gasteiger partial charge in [-0.1, -0.05) is 34.3 Å². The highest BCUT2D eigenvalue weighted by Gasteiger charge is 2.68. The molecule has 2 saturated carbocycles. The van der Waals surface area contributed by atoms with Crippen molar-refractivity contribution in [2.24, 2.45) is 40.9 Å². The Hall–Kier alpha value is -1.72. The molecule has 3 N–H and O–H groups in total. The zero-order valence-corrected chi connectivity index (χ0v) is 46.8. The van der Waals surface area contributed by atoms with Crippen LogP contribution in [-0.2, 0) is 71.2 Å².